The van der Waals surface area contributed by atoms with Crippen LogP contribution < -0.4 is 10.5 Å². The molecule has 1 aromatic heterocycles. The van der Waals surface area contributed by atoms with E-state index in [-0.39, 0.29) is 21.4 Å². The van der Waals surface area contributed by atoms with E-state index in [2.05, 4.69) is 14.7 Å². The Morgan fingerprint density at radius 3 is 2.74 bits per heavy atom. The maximum absolute atomic E-state index is 15.5. The number of aliphatic hydroxyl groups excluding tert-OH is 1. The lowest BCUT2D eigenvalue weighted by molar-refractivity contribution is 0.180. The van der Waals surface area contributed by atoms with Crippen LogP contribution in [0.4, 0.5) is 20.4 Å². The first-order chi connectivity index (χ1) is 16.1. The molecular weight excluding hydrogens is 486 g/mol. The van der Waals surface area contributed by atoms with Crippen molar-refractivity contribution >= 4 is 44.2 Å². The van der Waals surface area contributed by atoms with E-state index in [0.29, 0.717) is 34.9 Å². The number of fused-ring (bicyclic) bond motifs is 2. The normalized spacial score (nSPS) is 15.5. The van der Waals surface area contributed by atoms with Crippen molar-refractivity contribution in [2.24, 2.45) is 0 Å². The van der Waals surface area contributed by atoms with Crippen LogP contribution in [0.15, 0.2) is 53.6 Å². The molecule has 0 bridgehead atoms. The van der Waals surface area contributed by atoms with Gasteiger partial charge in [0.2, 0.25) is 5.95 Å². The third-order valence-corrected chi connectivity index (χ3v) is 7.40. The van der Waals surface area contributed by atoms with Crippen LogP contribution in [0.3, 0.4) is 0 Å². The second-order valence-electron chi connectivity index (χ2n) is 7.92. The number of halogens is 3. The fraction of sp³-hybridized carbons (Fsp3) is 0.130. The molecule has 4 N–H and O–H groups in total. The van der Waals surface area contributed by atoms with E-state index in [0.717, 1.165) is 12.1 Å². The number of nitrogens with one attached hydrogen (secondary N) is 1. The summed E-state index contributed by atoms with van der Waals surface area (Å²) in [4.78, 5) is 7.79. The molecule has 0 saturated heterocycles. The van der Waals surface area contributed by atoms with Crippen molar-refractivity contribution in [3.8, 4) is 11.1 Å². The first-order valence-corrected chi connectivity index (χ1v) is 12.0. The molecule has 0 spiro atoms. The summed E-state index contributed by atoms with van der Waals surface area (Å²) >= 11 is 6.07. The second kappa shape index (κ2) is 8.15. The Kier molecular flexibility index (Phi) is 5.38. The van der Waals surface area contributed by atoms with Gasteiger partial charge >= 0.3 is 0 Å². The predicted molar refractivity (Wildman–Crippen MR) is 125 cm³/mol. The van der Waals surface area contributed by atoms with Gasteiger partial charge in [0, 0.05) is 16.6 Å². The Bertz CT molecular complexity index is 1580. The van der Waals surface area contributed by atoms with Crippen molar-refractivity contribution in [2.45, 2.75) is 23.8 Å². The topological polar surface area (TPSA) is 118 Å². The van der Waals surface area contributed by atoms with Crippen LogP contribution in [0.25, 0.3) is 22.0 Å². The van der Waals surface area contributed by atoms with Gasteiger partial charge in [0.05, 0.1) is 27.8 Å². The molecule has 1 heterocycles. The average Bonchev–Trinajstić information content (AvgIpc) is 3.15. The Morgan fingerprint density at radius 2 is 1.94 bits per heavy atom. The minimum Gasteiger partial charge on any atom is -0.388 e. The fourth-order valence-electron chi connectivity index (χ4n) is 4.17. The van der Waals surface area contributed by atoms with Crippen molar-refractivity contribution in [3.63, 3.8) is 0 Å². The molecule has 0 amide bonds. The number of nitrogen functional groups attached to an aromatic ring is 1. The van der Waals surface area contributed by atoms with E-state index in [1.165, 1.54) is 30.5 Å². The van der Waals surface area contributed by atoms with Crippen molar-refractivity contribution in [1.82, 2.24) is 9.97 Å². The average molecular weight is 503 g/mol. The van der Waals surface area contributed by atoms with Gasteiger partial charge in [0.15, 0.2) is 5.82 Å². The number of aliphatic hydroxyl groups is 1. The van der Waals surface area contributed by atoms with Gasteiger partial charge in [0.1, 0.15) is 5.82 Å². The van der Waals surface area contributed by atoms with E-state index in [4.69, 9.17) is 17.3 Å². The molecule has 11 heteroatoms. The molecule has 0 aliphatic heterocycles. The van der Waals surface area contributed by atoms with Crippen molar-refractivity contribution < 1.29 is 22.3 Å². The van der Waals surface area contributed by atoms with E-state index in [9.17, 15) is 17.9 Å². The van der Waals surface area contributed by atoms with E-state index < -0.39 is 39.0 Å². The monoisotopic (exact) mass is 502 g/mol. The van der Waals surface area contributed by atoms with Crippen molar-refractivity contribution in [2.75, 3.05) is 10.5 Å². The number of aromatic nitrogens is 2. The van der Waals surface area contributed by atoms with Crippen LogP contribution in [-0.4, -0.2) is 23.5 Å². The van der Waals surface area contributed by atoms with E-state index in [1.54, 1.807) is 6.07 Å². The van der Waals surface area contributed by atoms with Crippen molar-refractivity contribution in [3.05, 3.63) is 76.4 Å². The highest BCUT2D eigenvalue weighted by Gasteiger charge is 2.30. The third kappa shape index (κ3) is 3.83. The first-order valence-electron chi connectivity index (χ1n) is 10.2. The SMILES string of the molecule is Nc1ncc2cc(-c3c(F)ccc(NS(=O)(=O)c4cc(Cl)cc5c4CC[C@H]5O)c3F)ccc2n1. The summed E-state index contributed by atoms with van der Waals surface area (Å²) in [5.74, 6) is -1.89. The van der Waals surface area contributed by atoms with Gasteiger partial charge in [-0.3, -0.25) is 4.72 Å². The third-order valence-electron chi connectivity index (χ3n) is 5.75. The van der Waals surface area contributed by atoms with Gasteiger partial charge in [-0.1, -0.05) is 17.7 Å². The maximum Gasteiger partial charge on any atom is 0.262 e. The molecule has 1 aliphatic rings. The zero-order chi connectivity index (χ0) is 24.2. The Labute approximate surface area is 198 Å². The zero-order valence-corrected chi connectivity index (χ0v) is 19.0. The van der Waals surface area contributed by atoms with Crippen LogP contribution in [-0.2, 0) is 16.4 Å². The maximum atomic E-state index is 15.5. The number of nitrogens with two attached hydrogens (primary N) is 1. The molecule has 0 radical (unpaired) electrons. The summed E-state index contributed by atoms with van der Waals surface area (Å²) in [6.45, 7) is 0. The smallest absolute Gasteiger partial charge is 0.262 e. The molecule has 1 aliphatic carbocycles. The number of hydrogen-bond acceptors (Lipinski definition) is 6. The first kappa shape index (κ1) is 22.5. The minimum absolute atomic E-state index is 0.0639. The van der Waals surface area contributed by atoms with E-state index in [1.807, 2.05) is 0 Å². The van der Waals surface area contributed by atoms with Crippen molar-refractivity contribution in [1.29, 1.82) is 0 Å². The number of benzene rings is 3. The lowest BCUT2D eigenvalue weighted by Gasteiger charge is -2.15. The molecule has 174 valence electrons. The van der Waals surface area contributed by atoms with Crippen LogP contribution >= 0.6 is 11.6 Å². The van der Waals surface area contributed by atoms with Crippen LogP contribution in [0, 0.1) is 11.6 Å². The van der Waals surface area contributed by atoms with Crippen LogP contribution in [0.2, 0.25) is 5.02 Å². The number of hydrogen-bond donors (Lipinski definition) is 3. The van der Waals surface area contributed by atoms with Gasteiger partial charge < -0.3 is 10.8 Å². The molecule has 34 heavy (non-hydrogen) atoms. The number of rotatable bonds is 4. The summed E-state index contributed by atoms with van der Waals surface area (Å²) in [7, 11) is -4.30. The molecule has 1 atom stereocenters. The zero-order valence-electron chi connectivity index (χ0n) is 17.4. The lowest BCUT2D eigenvalue weighted by atomic mass is 10.0. The molecule has 3 aromatic carbocycles. The Morgan fingerprint density at radius 1 is 1.15 bits per heavy atom. The van der Waals surface area contributed by atoms with Gasteiger partial charge in [-0.15, -0.1) is 0 Å². The van der Waals surface area contributed by atoms with Gasteiger partial charge in [-0.2, -0.15) is 0 Å². The Balaban J connectivity index is 1.58. The summed E-state index contributed by atoms with van der Waals surface area (Å²) in [5.41, 5.74) is 6.23. The van der Waals surface area contributed by atoms with Gasteiger partial charge in [-0.25, -0.2) is 27.2 Å². The highest BCUT2D eigenvalue weighted by atomic mass is 35.5. The molecule has 7 nitrogen and oxygen atoms in total. The quantitative estimate of drug-likeness (QED) is 0.375. The number of sulfonamides is 1. The number of anilines is 2. The summed E-state index contributed by atoms with van der Waals surface area (Å²) in [5, 5.41) is 10.8. The second-order valence-corrected chi connectivity index (χ2v) is 10.0. The standard InChI is InChI=1S/C23H17ClF2N4O3S/c24-13-8-15-14(2-6-19(15)31)20(9-13)34(32,33)30-18-5-3-16(25)21(22(18)26)11-1-4-17-12(7-11)10-28-23(27)29-17/h1,3-5,7-10,19,30-31H,2,6H2,(H2,27,28,29)/t19-/m1/s1. The Hall–Kier alpha value is -3.34. The molecule has 0 fully saturated rings. The highest BCUT2D eigenvalue weighted by Crippen LogP contribution is 2.39. The van der Waals surface area contributed by atoms with Crippen LogP contribution in [0.5, 0.6) is 0 Å². The number of nitrogens with zero attached hydrogens (tertiary/aromatic N) is 2. The molecular formula is C23H17ClF2N4O3S. The lowest BCUT2D eigenvalue weighted by Crippen LogP contribution is -2.16. The minimum atomic E-state index is -4.30. The summed E-state index contributed by atoms with van der Waals surface area (Å²) in [6.07, 6.45) is 1.27. The molecule has 5 rings (SSSR count). The predicted octanol–water partition coefficient (Wildman–Crippen LogP) is 4.59. The molecule has 4 aromatic rings. The van der Waals surface area contributed by atoms with Gasteiger partial charge in [-0.05, 0) is 65.9 Å². The summed E-state index contributed by atoms with van der Waals surface area (Å²) in [6, 6.07) is 9.24. The summed E-state index contributed by atoms with van der Waals surface area (Å²) < 4.78 is 58.7. The van der Waals surface area contributed by atoms with Gasteiger partial charge in [0.25, 0.3) is 10.0 Å². The van der Waals surface area contributed by atoms with E-state index >= 15 is 4.39 Å². The molecule has 0 unspecified atom stereocenters. The van der Waals surface area contributed by atoms with Crippen LogP contribution in [0.1, 0.15) is 23.7 Å². The molecule has 0 saturated carbocycles. The fourth-order valence-corrected chi connectivity index (χ4v) is 5.85. The highest BCUT2D eigenvalue weighted by molar-refractivity contribution is 7.92. The largest absolute Gasteiger partial charge is 0.388 e.